The van der Waals surface area contributed by atoms with E-state index in [1.807, 2.05) is 61.5 Å². The van der Waals surface area contributed by atoms with Crippen molar-refractivity contribution in [1.82, 2.24) is 10.6 Å². The van der Waals surface area contributed by atoms with Crippen LogP contribution < -0.4 is 21.2 Å². The Hall–Kier alpha value is -4.85. The maximum Gasteiger partial charge on any atom is 0.305 e. The molecule has 0 aliphatic carbocycles. The molecule has 0 radical (unpaired) electrons. The predicted molar refractivity (Wildman–Crippen MR) is 177 cm³/mol. The van der Waals surface area contributed by atoms with Crippen molar-refractivity contribution in [2.45, 2.75) is 44.7 Å². The molecular weight excluding hydrogens is 603 g/mol. The molecule has 46 heavy (non-hydrogen) atoms. The number of Topliss-reactive ketones (excluding diaryl/α,β-unsaturated/α-hetero) is 1. The van der Waals surface area contributed by atoms with Gasteiger partial charge in [-0.2, -0.15) is 0 Å². The standard InChI is InChI=1S/C36H37N2O7P/c1-2-14-31(37-34(40)23-27-17-12-13-22-30(27)26-15-6-3-7-16-26)36(43)38-32(24-35(41)42)33(39)25-45-46(44,28-18-8-4-9-19-28)29-20-10-5-11-21-29/h3-13,15-22,31-32H,2,14,23-25H2,1H3,(H,37,40)(H,38,43)(H,41,42)/t31-,32-/m0/s1. The van der Waals surface area contributed by atoms with Gasteiger partial charge < -0.3 is 20.3 Å². The highest BCUT2D eigenvalue weighted by Crippen LogP contribution is 2.44. The fourth-order valence-electron chi connectivity index (χ4n) is 5.04. The molecule has 0 heterocycles. The second kappa shape index (κ2) is 16.5. The van der Waals surface area contributed by atoms with Crippen LogP contribution in [0.4, 0.5) is 0 Å². The quantitative estimate of drug-likeness (QED) is 0.152. The van der Waals surface area contributed by atoms with Crippen molar-refractivity contribution in [1.29, 1.82) is 0 Å². The minimum atomic E-state index is -3.73. The first-order chi connectivity index (χ1) is 22.2. The molecule has 0 saturated carbocycles. The molecule has 0 aromatic heterocycles. The van der Waals surface area contributed by atoms with Gasteiger partial charge in [-0.15, -0.1) is 0 Å². The molecule has 2 atom stereocenters. The van der Waals surface area contributed by atoms with Gasteiger partial charge >= 0.3 is 5.97 Å². The third-order valence-corrected chi connectivity index (χ3v) is 9.80. The number of carbonyl (C=O) groups excluding carboxylic acids is 3. The zero-order chi connectivity index (χ0) is 32.9. The topological polar surface area (TPSA) is 139 Å². The van der Waals surface area contributed by atoms with Crippen molar-refractivity contribution in [3.8, 4) is 11.1 Å². The molecule has 0 unspecified atom stereocenters. The van der Waals surface area contributed by atoms with Gasteiger partial charge in [0, 0.05) is 10.6 Å². The Morgan fingerprint density at radius 2 is 1.28 bits per heavy atom. The van der Waals surface area contributed by atoms with Gasteiger partial charge in [-0.1, -0.05) is 104 Å². The highest BCUT2D eigenvalue weighted by Gasteiger charge is 2.33. The molecule has 0 bridgehead atoms. The first-order valence-electron chi connectivity index (χ1n) is 15.0. The molecule has 4 aromatic rings. The van der Waals surface area contributed by atoms with Crippen LogP contribution in [0.5, 0.6) is 0 Å². The maximum atomic E-state index is 14.1. The van der Waals surface area contributed by atoms with Gasteiger partial charge in [0.1, 0.15) is 18.7 Å². The molecule has 10 heteroatoms. The zero-order valence-electron chi connectivity index (χ0n) is 25.5. The Kier molecular flexibility index (Phi) is 12.2. The van der Waals surface area contributed by atoms with E-state index in [0.717, 1.165) is 16.7 Å². The summed E-state index contributed by atoms with van der Waals surface area (Å²) in [5.41, 5.74) is 2.62. The summed E-state index contributed by atoms with van der Waals surface area (Å²) < 4.78 is 19.9. The largest absolute Gasteiger partial charge is 0.481 e. The molecule has 0 aliphatic heterocycles. The van der Waals surface area contributed by atoms with Crippen molar-refractivity contribution >= 4 is 41.5 Å². The van der Waals surface area contributed by atoms with Crippen LogP contribution in [0.3, 0.4) is 0 Å². The number of amides is 2. The number of carboxylic acids is 1. The Balaban J connectivity index is 1.46. The molecule has 4 rings (SSSR count). The average Bonchev–Trinajstić information content (AvgIpc) is 3.07. The highest BCUT2D eigenvalue weighted by atomic mass is 31.2. The maximum absolute atomic E-state index is 14.1. The number of rotatable bonds is 16. The van der Waals surface area contributed by atoms with Crippen LogP contribution in [0.2, 0.25) is 0 Å². The fraction of sp³-hybridized carbons (Fsp3) is 0.222. The Morgan fingerprint density at radius 3 is 1.85 bits per heavy atom. The van der Waals surface area contributed by atoms with Gasteiger partial charge in [0.15, 0.2) is 5.78 Å². The third-order valence-electron chi connectivity index (χ3n) is 7.35. The number of carboxylic acid groups (broad SMARTS) is 1. The van der Waals surface area contributed by atoms with E-state index in [0.29, 0.717) is 17.0 Å². The monoisotopic (exact) mass is 640 g/mol. The first kappa shape index (κ1) is 34.0. The Bertz CT molecular complexity index is 1640. The normalized spacial score (nSPS) is 12.5. The van der Waals surface area contributed by atoms with Gasteiger partial charge in [0.2, 0.25) is 11.8 Å². The van der Waals surface area contributed by atoms with Crippen molar-refractivity contribution < 1.29 is 33.4 Å². The summed E-state index contributed by atoms with van der Waals surface area (Å²) in [7, 11) is -3.73. The number of hydrogen-bond donors (Lipinski definition) is 3. The van der Waals surface area contributed by atoms with Gasteiger partial charge in [-0.25, -0.2) is 0 Å². The molecule has 0 aliphatic rings. The van der Waals surface area contributed by atoms with Crippen LogP contribution in [-0.4, -0.2) is 47.4 Å². The van der Waals surface area contributed by atoms with Crippen molar-refractivity contribution in [2.24, 2.45) is 0 Å². The van der Waals surface area contributed by atoms with Crippen molar-refractivity contribution in [3.05, 3.63) is 121 Å². The fourth-order valence-corrected chi connectivity index (χ4v) is 7.08. The van der Waals surface area contributed by atoms with Gasteiger partial charge in [0.25, 0.3) is 7.37 Å². The van der Waals surface area contributed by atoms with E-state index in [1.165, 1.54) is 0 Å². The number of benzene rings is 4. The minimum absolute atomic E-state index is 0.0120. The highest BCUT2D eigenvalue weighted by molar-refractivity contribution is 7.74. The Labute approximate surface area is 268 Å². The van der Waals surface area contributed by atoms with Crippen molar-refractivity contribution in [3.63, 3.8) is 0 Å². The van der Waals surface area contributed by atoms with Crippen LogP contribution in [-0.2, 0) is 34.7 Å². The second-order valence-electron chi connectivity index (χ2n) is 10.7. The summed E-state index contributed by atoms with van der Waals surface area (Å²) in [6.45, 7) is 1.13. The van der Waals surface area contributed by atoms with Gasteiger partial charge in [0.05, 0.1) is 12.8 Å². The van der Waals surface area contributed by atoms with Crippen LogP contribution in [0.1, 0.15) is 31.7 Å². The predicted octanol–water partition coefficient (Wildman–Crippen LogP) is 4.66. The number of carbonyl (C=O) groups is 4. The molecule has 0 spiro atoms. The lowest BCUT2D eigenvalue weighted by Crippen LogP contribution is -2.52. The van der Waals surface area contributed by atoms with Crippen LogP contribution >= 0.6 is 7.37 Å². The van der Waals surface area contributed by atoms with Crippen LogP contribution in [0.25, 0.3) is 11.1 Å². The molecule has 238 valence electrons. The lowest BCUT2D eigenvalue weighted by atomic mass is 9.97. The molecule has 0 saturated heterocycles. The van der Waals surface area contributed by atoms with E-state index in [1.54, 1.807) is 60.7 Å². The first-order valence-corrected chi connectivity index (χ1v) is 16.7. The minimum Gasteiger partial charge on any atom is -0.481 e. The molecule has 9 nitrogen and oxygen atoms in total. The number of hydrogen-bond acceptors (Lipinski definition) is 6. The van der Waals surface area contributed by atoms with E-state index in [4.69, 9.17) is 4.52 Å². The van der Waals surface area contributed by atoms with E-state index < -0.39 is 56.0 Å². The summed E-state index contributed by atoms with van der Waals surface area (Å²) in [5, 5.41) is 15.5. The third kappa shape index (κ3) is 9.10. The van der Waals surface area contributed by atoms with Crippen LogP contribution in [0, 0.1) is 0 Å². The second-order valence-corrected chi connectivity index (χ2v) is 13.1. The summed E-state index contributed by atoms with van der Waals surface area (Å²) in [4.78, 5) is 51.6. The number of ketones is 1. The smallest absolute Gasteiger partial charge is 0.305 e. The van der Waals surface area contributed by atoms with E-state index in [-0.39, 0.29) is 12.8 Å². The number of nitrogens with one attached hydrogen (secondary N) is 2. The van der Waals surface area contributed by atoms with E-state index in [9.17, 15) is 28.8 Å². The van der Waals surface area contributed by atoms with Gasteiger partial charge in [-0.05, 0) is 47.4 Å². The lowest BCUT2D eigenvalue weighted by Gasteiger charge is -2.23. The SMILES string of the molecule is CCC[C@H](NC(=O)Cc1ccccc1-c1ccccc1)C(=O)N[C@@H](CC(=O)O)C(=O)COP(=O)(c1ccccc1)c1ccccc1. The van der Waals surface area contributed by atoms with Gasteiger partial charge in [-0.3, -0.25) is 23.7 Å². The summed E-state index contributed by atoms with van der Waals surface area (Å²) in [6, 6.07) is 31.5. The average molecular weight is 641 g/mol. The lowest BCUT2D eigenvalue weighted by molar-refractivity contribution is -0.141. The molecule has 4 aromatic carbocycles. The summed E-state index contributed by atoms with van der Waals surface area (Å²) >= 11 is 0. The summed E-state index contributed by atoms with van der Waals surface area (Å²) in [5.74, 6) is -3.17. The zero-order valence-corrected chi connectivity index (χ0v) is 26.4. The Morgan fingerprint density at radius 1 is 0.739 bits per heavy atom. The van der Waals surface area contributed by atoms with Crippen LogP contribution in [0.15, 0.2) is 115 Å². The molecule has 0 fully saturated rings. The molecule has 3 N–H and O–H groups in total. The summed E-state index contributed by atoms with van der Waals surface area (Å²) in [6.07, 6.45) is 0.0981. The van der Waals surface area contributed by atoms with E-state index >= 15 is 0 Å². The van der Waals surface area contributed by atoms with E-state index in [2.05, 4.69) is 10.6 Å². The van der Waals surface area contributed by atoms with Crippen molar-refractivity contribution in [2.75, 3.05) is 6.61 Å². The molecular formula is C36H37N2O7P. The number of aliphatic carboxylic acids is 1. The molecule has 2 amide bonds.